The maximum absolute atomic E-state index is 12.9. The molecule has 1 aromatic heterocycles. The molecule has 1 saturated carbocycles. The van der Waals surface area contributed by atoms with Crippen molar-refractivity contribution >= 4 is 16.0 Å². The molecule has 1 aliphatic rings. The maximum Gasteiger partial charge on any atom is 0.341 e. The summed E-state index contributed by atoms with van der Waals surface area (Å²) in [6, 6.07) is 9.94. The Morgan fingerprint density at radius 3 is 2.73 bits per heavy atom. The van der Waals surface area contributed by atoms with E-state index >= 15 is 0 Å². The summed E-state index contributed by atoms with van der Waals surface area (Å²) in [5, 5.41) is 8.67. The van der Waals surface area contributed by atoms with E-state index in [1.54, 1.807) is 30.5 Å². The van der Waals surface area contributed by atoms with Crippen LogP contribution in [0.2, 0.25) is 0 Å². The van der Waals surface area contributed by atoms with Crippen molar-refractivity contribution < 1.29 is 23.1 Å². The van der Waals surface area contributed by atoms with Crippen molar-refractivity contribution in [2.24, 2.45) is 0 Å². The van der Waals surface area contributed by atoms with Crippen LogP contribution in [-0.4, -0.2) is 37.1 Å². The Kier molecular flexibility index (Phi) is 6.69. The van der Waals surface area contributed by atoms with Gasteiger partial charge in [-0.1, -0.05) is 24.8 Å². The SMILES string of the molecule is C=C1C(=COCC(=O)O)CCCC1NS(=O)(=O)c1ccc(-c2ncccc2C)cc1. The van der Waals surface area contributed by atoms with Crippen molar-refractivity contribution in [3.8, 4) is 11.3 Å². The Bertz CT molecular complexity index is 1070. The molecule has 0 radical (unpaired) electrons. The van der Waals surface area contributed by atoms with E-state index in [0.717, 1.165) is 28.8 Å². The highest BCUT2D eigenvalue weighted by molar-refractivity contribution is 7.89. The molecule has 0 saturated heterocycles. The number of nitrogens with zero attached hydrogens (tertiary/aromatic N) is 1. The van der Waals surface area contributed by atoms with Crippen molar-refractivity contribution in [3.05, 3.63) is 72.1 Å². The van der Waals surface area contributed by atoms with Crippen molar-refractivity contribution in [3.63, 3.8) is 0 Å². The summed E-state index contributed by atoms with van der Waals surface area (Å²) in [6.45, 7) is 5.49. The molecule has 0 amide bonds. The van der Waals surface area contributed by atoms with E-state index in [1.165, 1.54) is 6.26 Å². The number of carbonyl (C=O) groups is 1. The summed E-state index contributed by atoms with van der Waals surface area (Å²) >= 11 is 0. The van der Waals surface area contributed by atoms with Gasteiger partial charge in [-0.2, -0.15) is 0 Å². The smallest absolute Gasteiger partial charge is 0.341 e. The number of nitrogens with one attached hydrogen (secondary N) is 1. The first kappa shape index (κ1) is 21.7. The molecule has 1 unspecified atom stereocenters. The molecule has 1 atom stereocenters. The van der Waals surface area contributed by atoms with Gasteiger partial charge in [0, 0.05) is 17.8 Å². The third-order valence-electron chi connectivity index (χ3n) is 4.95. The largest absolute Gasteiger partial charge is 0.489 e. The minimum atomic E-state index is -3.75. The third kappa shape index (κ3) is 5.14. The minimum Gasteiger partial charge on any atom is -0.489 e. The number of carboxylic acid groups (broad SMARTS) is 1. The molecule has 158 valence electrons. The Labute approximate surface area is 176 Å². The molecule has 3 rings (SSSR count). The topological polar surface area (TPSA) is 106 Å². The molecule has 7 nitrogen and oxygen atoms in total. The van der Waals surface area contributed by atoms with Gasteiger partial charge in [0.05, 0.1) is 16.9 Å². The molecule has 30 heavy (non-hydrogen) atoms. The lowest BCUT2D eigenvalue weighted by atomic mass is 9.88. The first-order chi connectivity index (χ1) is 14.3. The van der Waals surface area contributed by atoms with Gasteiger partial charge in [0.2, 0.25) is 10.0 Å². The van der Waals surface area contributed by atoms with Crippen LogP contribution >= 0.6 is 0 Å². The number of benzene rings is 1. The summed E-state index contributed by atoms with van der Waals surface area (Å²) in [5.41, 5.74) is 3.97. The van der Waals surface area contributed by atoms with Crippen LogP contribution in [0.4, 0.5) is 0 Å². The number of aliphatic carboxylic acids is 1. The second-order valence-electron chi connectivity index (χ2n) is 7.13. The number of hydrogen-bond acceptors (Lipinski definition) is 5. The average Bonchev–Trinajstić information content (AvgIpc) is 2.71. The molecule has 2 aromatic rings. The number of aromatic nitrogens is 1. The number of sulfonamides is 1. The van der Waals surface area contributed by atoms with Crippen LogP contribution in [0.15, 0.2) is 71.5 Å². The summed E-state index contributed by atoms with van der Waals surface area (Å²) in [4.78, 5) is 15.1. The van der Waals surface area contributed by atoms with Crippen LogP contribution in [0.1, 0.15) is 24.8 Å². The molecule has 1 heterocycles. The van der Waals surface area contributed by atoms with E-state index in [1.807, 2.05) is 19.1 Å². The zero-order valence-electron chi connectivity index (χ0n) is 16.7. The quantitative estimate of drug-likeness (QED) is 0.655. The molecule has 0 bridgehead atoms. The summed E-state index contributed by atoms with van der Waals surface area (Å²) in [5.74, 6) is -1.07. The zero-order chi connectivity index (χ0) is 21.7. The monoisotopic (exact) mass is 428 g/mol. The fourth-order valence-corrected chi connectivity index (χ4v) is 4.63. The van der Waals surface area contributed by atoms with E-state index in [9.17, 15) is 13.2 Å². The number of pyridine rings is 1. The van der Waals surface area contributed by atoms with Crippen molar-refractivity contribution in [2.45, 2.75) is 37.1 Å². The van der Waals surface area contributed by atoms with Gasteiger partial charge < -0.3 is 9.84 Å². The Balaban J connectivity index is 1.73. The summed E-state index contributed by atoms with van der Waals surface area (Å²) < 4.78 is 33.5. The van der Waals surface area contributed by atoms with E-state index in [-0.39, 0.29) is 4.90 Å². The molecular weight excluding hydrogens is 404 g/mol. The Hall–Kier alpha value is -2.97. The van der Waals surface area contributed by atoms with Crippen LogP contribution in [0.3, 0.4) is 0 Å². The maximum atomic E-state index is 12.9. The number of rotatable bonds is 7. The van der Waals surface area contributed by atoms with Gasteiger partial charge in [0.25, 0.3) is 0 Å². The van der Waals surface area contributed by atoms with Crippen molar-refractivity contribution in [1.29, 1.82) is 0 Å². The highest BCUT2D eigenvalue weighted by Gasteiger charge is 2.27. The van der Waals surface area contributed by atoms with Gasteiger partial charge >= 0.3 is 5.97 Å². The molecular formula is C22H24N2O5S. The Morgan fingerprint density at radius 2 is 2.07 bits per heavy atom. The molecule has 8 heteroatoms. The summed E-state index contributed by atoms with van der Waals surface area (Å²) in [6.07, 6.45) is 5.08. The standard InChI is InChI=1S/C22H24N2O5S/c1-15-5-4-12-23-22(15)17-8-10-19(11-9-17)30(27,28)24-20-7-3-6-18(16(20)2)13-29-14-21(25)26/h4-5,8-13,20,24H,2-3,6-7,14H2,1H3,(H,25,26). The van der Waals surface area contributed by atoms with Crippen LogP contribution < -0.4 is 4.72 Å². The second kappa shape index (κ2) is 9.23. The van der Waals surface area contributed by atoms with E-state index in [4.69, 9.17) is 9.84 Å². The molecule has 0 spiro atoms. The second-order valence-corrected chi connectivity index (χ2v) is 8.85. The fraction of sp³-hybridized carbons (Fsp3) is 0.273. The lowest BCUT2D eigenvalue weighted by Crippen LogP contribution is -2.38. The first-order valence-electron chi connectivity index (χ1n) is 9.54. The predicted octanol–water partition coefficient (Wildman–Crippen LogP) is 3.43. The first-order valence-corrected chi connectivity index (χ1v) is 11.0. The zero-order valence-corrected chi connectivity index (χ0v) is 17.5. The molecule has 0 aliphatic heterocycles. The van der Waals surface area contributed by atoms with Gasteiger partial charge in [-0.15, -0.1) is 0 Å². The molecule has 2 N–H and O–H groups in total. The van der Waals surface area contributed by atoms with E-state index < -0.39 is 28.6 Å². The third-order valence-corrected chi connectivity index (χ3v) is 6.44. The van der Waals surface area contributed by atoms with Gasteiger partial charge in [-0.3, -0.25) is 4.98 Å². The number of ether oxygens (including phenoxy) is 1. The van der Waals surface area contributed by atoms with E-state index in [2.05, 4.69) is 16.3 Å². The van der Waals surface area contributed by atoms with Crippen LogP contribution in [-0.2, 0) is 19.6 Å². The number of hydrogen-bond donors (Lipinski definition) is 2. The number of carboxylic acids is 1. The molecule has 1 aromatic carbocycles. The fourth-order valence-electron chi connectivity index (χ4n) is 3.37. The van der Waals surface area contributed by atoms with Crippen LogP contribution in [0.5, 0.6) is 0 Å². The number of aryl methyl sites for hydroxylation is 1. The van der Waals surface area contributed by atoms with Gasteiger partial charge in [-0.05, 0) is 61.1 Å². The highest BCUT2D eigenvalue weighted by Crippen LogP contribution is 2.29. The van der Waals surface area contributed by atoms with Crippen LogP contribution in [0.25, 0.3) is 11.3 Å². The lowest BCUT2D eigenvalue weighted by molar-refractivity contribution is -0.140. The van der Waals surface area contributed by atoms with Crippen molar-refractivity contribution in [1.82, 2.24) is 9.71 Å². The van der Waals surface area contributed by atoms with Gasteiger partial charge in [0.1, 0.15) is 0 Å². The Morgan fingerprint density at radius 1 is 1.33 bits per heavy atom. The molecule has 1 fully saturated rings. The van der Waals surface area contributed by atoms with Gasteiger partial charge in [0.15, 0.2) is 6.61 Å². The van der Waals surface area contributed by atoms with Gasteiger partial charge in [-0.25, -0.2) is 17.9 Å². The highest BCUT2D eigenvalue weighted by atomic mass is 32.2. The van der Waals surface area contributed by atoms with Crippen molar-refractivity contribution in [2.75, 3.05) is 6.61 Å². The van der Waals surface area contributed by atoms with Crippen LogP contribution in [0, 0.1) is 6.92 Å². The normalized spacial score (nSPS) is 18.4. The van der Waals surface area contributed by atoms with E-state index in [0.29, 0.717) is 18.4 Å². The molecule has 1 aliphatic carbocycles. The predicted molar refractivity (Wildman–Crippen MR) is 113 cm³/mol. The summed E-state index contributed by atoms with van der Waals surface area (Å²) in [7, 11) is -3.75. The minimum absolute atomic E-state index is 0.158. The average molecular weight is 429 g/mol. The lowest BCUT2D eigenvalue weighted by Gasteiger charge is -2.27.